The van der Waals surface area contributed by atoms with Crippen LogP contribution in [-0.2, 0) is 14.4 Å². The highest BCUT2D eigenvalue weighted by Crippen LogP contribution is 2.05. The maximum Gasteiger partial charge on any atom is 0.243 e. The molecule has 0 spiro atoms. The normalized spacial score (nSPS) is 15.0. The molecule has 0 saturated carbocycles. The zero-order chi connectivity index (χ0) is 17.3. The molecule has 22 heavy (non-hydrogen) atoms. The summed E-state index contributed by atoms with van der Waals surface area (Å²) in [5.41, 5.74) is 10.9. The van der Waals surface area contributed by atoms with Crippen molar-refractivity contribution in [3.63, 3.8) is 0 Å². The van der Waals surface area contributed by atoms with Crippen LogP contribution in [0, 0.1) is 5.92 Å². The number of nitrogens with two attached hydrogens (primary N) is 2. The van der Waals surface area contributed by atoms with Gasteiger partial charge < -0.3 is 22.1 Å². The molecule has 0 aliphatic rings. The SMILES string of the molecule is CSCC[C@H](NC(=O)[C@@H](N)CC(C)C)C(=O)N[C@@H](C)C(N)=O. The van der Waals surface area contributed by atoms with Crippen LogP contribution in [0.1, 0.15) is 33.6 Å². The van der Waals surface area contributed by atoms with Gasteiger partial charge in [-0.2, -0.15) is 11.8 Å². The maximum atomic E-state index is 12.2. The second-order valence-corrected chi connectivity index (χ2v) is 6.70. The lowest BCUT2D eigenvalue weighted by Gasteiger charge is -2.22. The van der Waals surface area contributed by atoms with Gasteiger partial charge in [0.25, 0.3) is 0 Å². The Hall–Kier alpha value is -1.28. The summed E-state index contributed by atoms with van der Waals surface area (Å²) in [4.78, 5) is 35.2. The smallest absolute Gasteiger partial charge is 0.243 e. The van der Waals surface area contributed by atoms with E-state index in [1.54, 1.807) is 11.8 Å². The number of hydrogen-bond acceptors (Lipinski definition) is 5. The zero-order valence-electron chi connectivity index (χ0n) is 13.7. The second kappa shape index (κ2) is 10.4. The van der Waals surface area contributed by atoms with Crippen LogP contribution in [0.15, 0.2) is 0 Å². The van der Waals surface area contributed by atoms with Crippen molar-refractivity contribution in [3.8, 4) is 0 Å². The van der Waals surface area contributed by atoms with Crippen LogP contribution in [0.3, 0.4) is 0 Å². The molecule has 3 amide bonds. The molecule has 0 aliphatic carbocycles. The average Bonchev–Trinajstić information content (AvgIpc) is 2.41. The number of rotatable bonds is 10. The van der Waals surface area contributed by atoms with E-state index in [4.69, 9.17) is 11.5 Å². The van der Waals surface area contributed by atoms with Crippen LogP contribution in [0.25, 0.3) is 0 Å². The summed E-state index contributed by atoms with van der Waals surface area (Å²) in [6.07, 6.45) is 2.91. The molecule has 0 bridgehead atoms. The number of primary amides is 1. The summed E-state index contributed by atoms with van der Waals surface area (Å²) in [5, 5.41) is 5.15. The fourth-order valence-corrected chi connectivity index (χ4v) is 2.25. The van der Waals surface area contributed by atoms with Gasteiger partial charge >= 0.3 is 0 Å². The van der Waals surface area contributed by atoms with Gasteiger partial charge in [0.2, 0.25) is 17.7 Å². The minimum Gasteiger partial charge on any atom is -0.368 e. The lowest BCUT2D eigenvalue weighted by Crippen LogP contribution is -2.54. The summed E-state index contributed by atoms with van der Waals surface area (Å²) in [5.74, 6) is -0.427. The van der Waals surface area contributed by atoms with Gasteiger partial charge in [-0.15, -0.1) is 0 Å². The highest BCUT2D eigenvalue weighted by Gasteiger charge is 2.25. The van der Waals surface area contributed by atoms with Crippen LogP contribution >= 0.6 is 11.8 Å². The van der Waals surface area contributed by atoms with Crippen molar-refractivity contribution in [1.29, 1.82) is 0 Å². The Labute approximate surface area is 136 Å². The highest BCUT2D eigenvalue weighted by atomic mass is 32.2. The molecule has 6 N–H and O–H groups in total. The topological polar surface area (TPSA) is 127 Å². The van der Waals surface area contributed by atoms with Gasteiger partial charge in [-0.05, 0) is 37.7 Å². The first-order chi connectivity index (χ1) is 10.2. The lowest BCUT2D eigenvalue weighted by atomic mass is 10.0. The standard InChI is InChI=1S/C14H28N4O3S/c1-8(2)7-10(15)13(20)18-11(5-6-22-4)14(21)17-9(3)12(16)19/h8-11H,5-7,15H2,1-4H3,(H2,16,19)(H,17,21)(H,18,20)/t9-,10-,11-/m0/s1. The van der Waals surface area contributed by atoms with E-state index in [0.717, 1.165) is 0 Å². The number of hydrogen-bond donors (Lipinski definition) is 4. The number of carbonyl (C=O) groups is 3. The average molecular weight is 332 g/mol. The summed E-state index contributed by atoms with van der Waals surface area (Å²) >= 11 is 1.56. The molecule has 0 rings (SSSR count). The molecule has 0 heterocycles. The molecule has 0 aliphatic heterocycles. The van der Waals surface area contributed by atoms with Gasteiger partial charge in [0.1, 0.15) is 12.1 Å². The first-order valence-electron chi connectivity index (χ1n) is 7.33. The Balaban J connectivity index is 4.71. The minimum absolute atomic E-state index is 0.286. The predicted molar refractivity (Wildman–Crippen MR) is 89.2 cm³/mol. The van der Waals surface area contributed by atoms with Crippen LogP contribution in [0.4, 0.5) is 0 Å². The molecular formula is C14H28N4O3S. The van der Waals surface area contributed by atoms with E-state index < -0.39 is 29.9 Å². The third-order valence-electron chi connectivity index (χ3n) is 3.09. The number of thioether (sulfide) groups is 1. The van der Waals surface area contributed by atoms with E-state index in [1.807, 2.05) is 20.1 Å². The Morgan fingerprint density at radius 3 is 2.14 bits per heavy atom. The molecule has 0 radical (unpaired) electrons. The quantitative estimate of drug-likeness (QED) is 0.432. The zero-order valence-corrected chi connectivity index (χ0v) is 14.5. The summed E-state index contributed by atoms with van der Waals surface area (Å²) in [7, 11) is 0. The molecule has 0 fully saturated rings. The third kappa shape index (κ3) is 8.23. The molecule has 8 heteroatoms. The first kappa shape index (κ1) is 20.7. The van der Waals surface area contributed by atoms with Crippen molar-refractivity contribution in [3.05, 3.63) is 0 Å². The number of carbonyl (C=O) groups excluding carboxylic acids is 3. The maximum absolute atomic E-state index is 12.2. The first-order valence-corrected chi connectivity index (χ1v) is 8.73. The predicted octanol–water partition coefficient (Wildman–Crippen LogP) is -0.412. The van der Waals surface area contributed by atoms with E-state index in [1.165, 1.54) is 6.92 Å². The van der Waals surface area contributed by atoms with E-state index in [0.29, 0.717) is 18.6 Å². The van der Waals surface area contributed by atoms with Crippen LogP contribution in [0.5, 0.6) is 0 Å². The van der Waals surface area contributed by atoms with Gasteiger partial charge in [0.05, 0.1) is 6.04 Å². The van der Waals surface area contributed by atoms with E-state index in [-0.39, 0.29) is 11.8 Å². The monoisotopic (exact) mass is 332 g/mol. The largest absolute Gasteiger partial charge is 0.368 e. The molecule has 0 aromatic carbocycles. The summed E-state index contributed by atoms with van der Waals surface area (Å²) < 4.78 is 0. The lowest BCUT2D eigenvalue weighted by molar-refractivity contribution is -0.131. The van der Waals surface area contributed by atoms with Crippen molar-refractivity contribution in [2.75, 3.05) is 12.0 Å². The Kier molecular flexibility index (Phi) is 9.84. The van der Waals surface area contributed by atoms with E-state index in [9.17, 15) is 14.4 Å². The Morgan fingerprint density at radius 1 is 1.09 bits per heavy atom. The third-order valence-corrected chi connectivity index (χ3v) is 3.74. The van der Waals surface area contributed by atoms with Crippen LogP contribution < -0.4 is 22.1 Å². The molecule has 7 nitrogen and oxygen atoms in total. The summed E-state index contributed by atoms with van der Waals surface area (Å²) in [6, 6.07) is -2.16. The molecule has 0 aromatic heterocycles. The highest BCUT2D eigenvalue weighted by molar-refractivity contribution is 7.98. The van der Waals surface area contributed by atoms with Gasteiger partial charge in [-0.25, -0.2) is 0 Å². The molecule has 0 unspecified atom stereocenters. The molecular weight excluding hydrogens is 304 g/mol. The molecule has 0 saturated heterocycles. The van der Waals surface area contributed by atoms with Crippen LogP contribution in [-0.4, -0.2) is 47.9 Å². The molecule has 0 aromatic rings. The fraction of sp³-hybridized carbons (Fsp3) is 0.786. The van der Waals surface area contributed by atoms with Crippen molar-refractivity contribution in [2.24, 2.45) is 17.4 Å². The van der Waals surface area contributed by atoms with Gasteiger partial charge in [0.15, 0.2) is 0 Å². The van der Waals surface area contributed by atoms with Crippen molar-refractivity contribution in [1.82, 2.24) is 10.6 Å². The summed E-state index contributed by atoms with van der Waals surface area (Å²) in [6.45, 7) is 5.44. The van der Waals surface area contributed by atoms with Crippen molar-refractivity contribution in [2.45, 2.75) is 51.7 Å². The van der Waals surface area contributed by atoms with Gasteiger partial charge in [-0.1, -0.05) is 13.8 Å². The van der Waals surface area contributed by atoms with E-state index in [2.05, 4.69) is 10.6 Å². The number of nitrogens with one attached hydrogen (secondary N) is 2. The van der Waals surface area contributed by atoms with Crippen molar-refractivity contribution >= 4 is 29.5 Å². The van der Waals surface area contributed by atoms with Gasteiger partial charge in [0, 0.05) is 0 Å². The Bertz CT molecular complexity index is 390. The van der Waals surface area contributed by atoms with Crippen molar-refractivity contribution < 1.29 is 14.4 Å². The molecule has 3 atom stereocenters. The fourth-order valence-electron chi connectivity index (χ4n) is 1.78. The van der Waals surface area contributed by atoms with Crippen LogP contribution in [0.2, 0.25) is 0 Å². The Morgan fingerprint density at radius 2 is 1.68 bits per heavy atom. The van der Waals surface area contributed by atoms with Gasteiger partial charge in [-0.3, -0.25) is 14.4 Å². The minimum atomic E-state index is -0.787. The van der Waals surface area contributed by atoms with E-state index >= 15 is 0 Å². The number of amides is 3. The molecule has 128 valence electrons. The second-order valence-electron chi connectivity index (χ2n) is 5.71.